The number of rotatable bonds is 6. The Balaban J connectivity index is 1.67. The summed E-state index contributed by atoms with van der Waals surface area (Å²) in [5.41, 5.74) is 3.54. The van der Waals surface area contributed by atoms with Crippen LogP contribution in [0.3, 0.4) is 0 Å². The van der Waals surface area contributed by atoms with E-state index in [0.29, 0.717) is 26.8 Å². The van der Waals surface area contributed by atoms with Gasteiger partial charge in [-0.3, -0.25) is 9.59 Å². The first-order chi connectivity index (χ1) is 13.5. The van der Waals surface area contributed by atoms with Crippen molar-refractivity contribution in [3.8, 4) is 0 Å². The summed E-state index contributed by atoms with van der Waals surface area (Å²) >= 11 is 8.70. The summed E-state index contributed by atoms with van der Waals surface area (Å²) in [5, 5.41) is 7.97. The number of thiophene rings is 1. The molecule has 2 aromatic carbocycles. The van der Waals surface area contributed by atoms with Crippen molar-refractivity contribution in [2.45, 2.75) is 6.92 Å². The van der Waals surface area contributed by atoms with E-state index >= 15 is 0 Å². The van der Waals surface area contributed by atoms with E-state index in [0.717, 1.165) is 11.3 Å². The fraction of sp³-hybridized carbons (Fsp3) is 0.100. The van der Waals surface area contributed by atoms with Crippen LogP contribution in [0.5, 0.6) is 0 Å². The molecule has 0 radical (unpaired) electrons. The Labute approximate surface area is 176 Å². The molecule has 0 aliphatic heterocycles. The lowest BCUT2D eigenvalue weighted by molar-refractivity contribution is 0.102. The van der Waals surface area contributed by atoms with E-state index in [9.17, 15) is 9.59 Å². The summed E-state index contributed by atoms with van der Waals surface area (Å²) in [5.74, 6) is -0.532. The minimum atomic E-state index is -0.275. The largest absolute Gasteiger partial charge is 0.330 e. The zero-order chi connectivity index (χ0) is 20.1. The average Bonchev–Trinajstić information content (AvgIpc) is 3.16. The maximum absolute atomic E-state index is 12.5. The van der Waals surface area contributed by atoms with Gasteiger partial charge in [-0.15, -0.1) is 11.3 Å². The van der Waals surface area contributed by atoms with E-state index in [1.165, 1.54) is 23.3 Å². The summed E-state index contributed by atoms with van der Waals surface area (Å²) in [6.45, 7) is 1.87. The number of benzene rings is 2. The Morgan fingerprint density at radius 3 is 2.43 bits per heavy atom. The molecule has 144 valence electrons. The highest BCUT2D eigenvalue weighted by molar-refractivity contribution is 7.99. The van der Waals surface area contributed by atoms with Gasteiger partial charge in [0.15, 0.2) is 0 Å². The molecule has 2 amide bonds. The van der Waals surface area contributed by atoms with Crippen LogP contribution in [0, 0.1) is 6.92 Å². The van der Waals surface area contributed by atoms with Gasteiger partial charge in [-0.05, 0) is 55.0 Å². The van der Waals surface area contributed by atoms with Gasteiger partial charge in [-0.2, -0.15) is 0 Å². The topological polar surface area (TPSA) is 70.2 Å². The molecule has 5 nitrogen and oxygen atoms in total. The molecular weight excluding hydrogens is 414 g/mol. The molecule has 3 rings (SSSR count). The van der Waals surface area contributed by atoms with Gasteiger partial charge in [0.05, 0.1) is 10.4 Å². The normalized spacial score (nSPS) is 10.4. The first-order valence-corrected chi connectivity index (χ1v) is 10.8. The van der Waals surface area contributed by atoms with Crippen molar-refractivity contribution in [2.75, 3.05) is 21.6 Å². The second-order valence-electron chi connectivity index (χ2n) is 5.96. The van der Waals surface area contributed by atoms with E-state index in [1.807, 2.05) is 37.4 Å². The quantitative estimate of drug-likeness (QED) is 0.424. The molecule has 0 saturated heterocycles. The van der Waals surface area contributed by atoms with Gasteiger partial charge >= 0.3 is 0 Å². The van der Waals surface area contributed by atoms with Crippen LogP contribution in [0.1, 0.15) is 25.6 Å². The minimum absolute atomic E-state index is 0.257. The number of anilines is 3. The van der Waals surface area contributed by atoms with Crippen LogP contribution in [0.25, 0.3) is 0 Å². The lowest BCUT2D eigenvalue weighted by Crippen LogP contribution is -2.12. The molecule has 0 saturated carbocycles. The molecule has 0 bridgehead atoms. The molecule has 0 unspecified atom stereocenters. The number of hydrogen-bond acceptors (Lipinski definition) is 5. The predicted octanol–water partition coefficient (Wildman–Crippen LogP) is 5.90. The maximum atomic E-state index is 12.5. The monoisotopic (exact) mass is 431 g/mol. The third-order valence-electron chi connectivity index (χ3n) is 3.84. The lowest BCUT2D eigenvalue weighted by Gasteiger charge is -2.07. The highest BCUT2D eigenvalue weighted by atomic mass is 35.5. The molecule has 0 fully saturated rings. The summed E-state index contributed by atoms with van der Waals surface area (Å²) in [6.07, 6.45) is 1.93. The predicted molar refractivity (Wildman–Crippen MR) is 120 cm³/mol. The van der Waals surface area contributed by atoms with E-state index in [4.69, 9.17) is 11.6 Å². The molecule has 0 aliphatic carbocycles. The molecule has 28 heavy (non-hydrogen) atoms. The third-order valence-corrected chi connectivity index (χ3v) is 5.63. The van der Waals surface area contributed by atoms with Crippen LogP contribution < -0.4 is 15.4 Å². The van der Waals surface area contributed by atoms with Gasteiger partial charge < -0.3 is 15.4 Å². The molecular formula is C20H18ClN3O2S2. The van der Waals surface area contributed by atoms with E-state index < -0.39 is 0 Å². The van der Waals surface area contributed by atoms with Gasteiger partial charge in [-0.1, -0.05) is 29.6 Å². The molecule has 0 spiro atoms. The highest BCUT2D eigenvalue weighted by Crippen LogP contribution is 2.23. The molecule has 0 atom stereocenters. The maximum Gasteiger partial charge on any atom is 0.265 e. The van der Waals surface area contributed by atoms with Crippen molar-refractivity contribution in [3.63, 3.8) is 0 Å². The number of carbonyl (C=O) groups is 2. The van der Waals surface area contributed by atoms with E-state index in [2.05, 4.69) is 15.4 Å². The molecule has 3 N–H and O–H groups in total. The van der Waals surface area contributed by atoms with Crippen LogP contribution in [-0.4, -0.2) is 18.1 Å². The molecule has 8 heteroatoms. The van der Waals surface area contributed by atoms with Crippen LogP contribution in [0.2, 0.25) is 5.02 Å². The Kier molecular flexibility index (Phi) is 6.61. The van der Waals surface area contributed by atoms with Crippen molar-refractivity contribution in [3.05, 3.63) is 74.9 Å². The molecule has 3 aromatic rings. The van der Waals surface area contributed by atoms with Crippen LogP contribution >= 0.6 is 34.9 Å². The highest BCUT2D eigenvalue weighted by Gasteiger charge is 2.14. The van der Waals surface area contributed by atoms with Crippen molar-refractivity contribution in [2.24, 2.45) is 0 Å². The minimum Gasteiger partial charge on any atom is -0.330 e. The Hall–Kier alpha value is -2.48. The van der Waals surface area contributed by atoms with Crippen LogP contribution in [0.15, 0.2) is 53.9 Å². The second-order valence-corrected chi connectivity index (χ2v) is 7.89. The SMILES string of the molecule is CSNc1cccc(NC(=O)c2cc(C(=O)Nc3ccc(Cl)c(C)c3)cs2)c1. The smallest absolute Gasteiger partial charge is 0.265 e. The Bertz CT molecular complexity index is 1020. The fourth-order valence-corrected chi connectivity index (χ4v) is 3.73. The van der Waals surface area contributed by atoms with Crippen molar-refractivity contribution < 1.29 is 9.59 Å². The van der Waals surface area contributed by atoms with E-state index in [-0.39, 0.29) is 11.8 Å². The van der Waals surface area contributed by atoms with Gasteiger partial charge in [-0.25, -0.2) is 0 Å². The lowest BCUT2D eigenvalue weighted by atomic mass is 10.2. The van der Waals surface area contributed by atoms with Gasteiger partial charge in [0, 0.05) is 33.7 Å². The number of nitrogens with one attached hydrogen (secondary N) is 3. The molecule has 1 aromatic heterocycles. The summed E-state index contributed by atoms with van der Waals surface area (Å²) in [4.78, 5) is 25.4. The summed E-state index contributed by atoms with van der Waals surface area (Å²) in [6, 6.07) is 14.3. The Morgan fingerprint density at radius 1 is 0.964 bits per heavy atom. The van der Waals surface area contributed by atoms with Crippen molar-refractivity contribution in [1.29, 1.82) is 0 Å². The standard InChI is InChI=1S/C20H18ClN3O2S2/c1-12-8-15(6-7-17(12)21)22-19(25)13-9-18(28-11-13)20(26)23-14-4-3-5-16(10-14)24-27-2/h3-11,24H,1-2H3,(H,22,25)(H,23,26). The summed E-state index contributed by atoms with van der Waals surface area (Å²) < 4.78 is 3.12. The first kappa shape index (κ1) is 20.3. The Morgan fingerprint density at radius 2 is 1.68 bits per heavy atom. The summed E-state index contributed by atoms with van der Waals surface area (Å²) in [7, 11) is 0. The molecule has 1 heterocycles. The number of carbonyl (C=O) groups excluding carboxylic acids is 2. The van der Waals surface area contributed by atoms with Crippen molar-refractivity contribution in [1.82, 2.24) is 0 Å². The molecule has 0 aliphatic rings. The number of amides is 2. The zero-order valence-corrected chi connectivity index (χ0v) is 17.6. The van der Waals surface area contributed by atoms with Gasteiger partial charge in [0.25, 0.3) is 11.8 Å². The first-order valence-electron chi connectivity index (χ1n) is 8.32. The van der Waals surface area contributed by atoms with Crippen LogP contribution in [-0.2, 0) is 0 Å². The zero-order valence-electron chi connectivity index (χ0n) is 15.2. The fourth-order valence-electron chi connectivity index (χ4n) is 2.47. The average molecular weight is 432 g/mol. The van der Waals surface area contributed by atoms with Gasteiger partial charge in [0.1, 0.15) is 0 Å². The number of hydrogen-bond donors (Lipinski definition) is 3. The van der Waals surface area contributed by atoms with Crippen LogP contribution in [0.4, 0.5) is 17.1 Å². The second kappa shape index (κ2) is 9.14. The third kappa shape index (κ3) is 5.07. The van der Waals surface area contributed by atoms with Crippen molar-refractivity contribution >= 4 is 63.8 Å². The number of halogens is 1. The van der Waals surface area contributed by atoms with Gasteiger partial charge in [0.2, 0.25) is 0 Å². The van der Waals surface area contributed by atoms with E-state index in [1.54, 1.807) is 29.6 Å². The number of aryl methyl sites for hydroxylation is 1.